The predicted octanol–water partition coefficient (Wildman–Crippen LogP) is 8.52. The van der Waals surface area contributed by atoms with Gasteiger partial charge in [0.05, 0.1) is 0 Å². The van der Waals surface area contributed by atoms with Crippen LogP contribution in [-0.2, 0) is 0 Å². The third-order valence-corrected chi connectivity index (χ3v) is 4.29. The second kappa shape index (κ2) is 16.5. The molecule has 0 bridgehead atoms. The van der Waals surface area contributed by atoms with Gasteiger partial charge in [-0.3, -0.25) is 0 Å². The van der Waals surface area contributed by atoms with Crippen molar-refractivity contribution in [3.8, 4) is 0 Å². The highest BCUT2D eigenvalue weighted by molar-refractivity contribution is 4.97. The van der Waals surface area contributed by atoms with E-state index in [-0.39, 0.29) is 26.2 Å². The van der Waals surface area contributed by atoms with E-state index in [0.717, 1.165) is 0 Å². The molecule has 2 aliphatic carbocycles. The van der Waals surface area contributed by atoms with Crippen molar-refractivity contribution in [2.24, 2.45) is 17.8 Å². The normalized spacial score (nSPS) is 28.1. The number of rotatable bonds is 1. The second-order valence-corrected chi connectivity index (χ2v) is 5.62. The predicted molar refractivity (Wildman–Crippen MR) is 103 cm³/mol. The Morgan fingerprint density at radius 1 is 0.913 bits per heavy atom. The Labute approximate surface area is 146 Å². The standard InChI is InChI=1S/C14H22F2.3C2H6.CH4/c1-11-10-14(15,16)9-8-13(11)12-6-4-2-3-5-7-12;3*1-2;/h4,6,11-13H,2-3,5,7-10H2,1H3;3*1-2H3;1H4. The van der Waals surface area contributed by atoms with Crippen molar-refractivity contribution in [1.29, 1.82) is 0 Å². The summed E-state index contributed by atoms with van der Waals surface area (Å²) in [7, 11) is 0. The smallest absolute Gasteiger partial charge is 0.207 e. The van der Waals surface area contributed by atoms with Crippen molar-refractivity contribution in [2.75, 3.05) is 0 Å². The third-order valence-electron chi connectivity index (χ3n) is 4.29. The van der Waals surface area contributed by atoms with Gasteiger partial charge >= 0.3 is 0 Å². The average molecular weight is 335 g/mol. The molecular weight excluding hydrogens is 290 g/mol. The molecule has 0 aliphatic heterocycles. The van der Waals surface area contributed by atoms with Crippen LogP contribution in [0.2, 0.25) is 0 Å². The van der Waals surface area contributed by atoms with Crippen LogP contribution >= 0.6 is 0 Å². The molecule has 1 fully saturated rings. The van der Waals surface area contributed by atoms with Gasteiger partial charge in [-0.25, -0.2) is 8.78 Å². The van der Waals surface area contributed by atoms with Crippen LogP contribution in [0.5, 0.6) is 0 Å². The number of halogens is 2. The van der Waals surface area contributed by atoms with Crippen molar-refractivity contribution in [3.05, 3.63) is 12.2 Å². The third kappa shape index (κ3) is 10.9. The van der Waals surface area contributed by atoms with Gasteiger partial charge in [0.2, 0.25) is 5.92 Å². The molecule has 2 rings (SSSR count). The zero-order valence-corrected chi connectivity index (χ0v) is 16.1. The van der Waals surface area contributed by atoms with Crippen LogP contribution in [0, 0.1) is 17.8 Å². The Morgan fingerprint density at radius 2 is 1.48 bits per heavy atom. The van der Waals surface area contributed by atoms with E-state index in [1.807, 2.05) is 48.5 Å². The van der Waals surface area contributed by atoms with Gasteiger partial charge in [-0.1, -0.05) is 74.5 Å². The number of hydrogen-bond donors (Lipinski definition) is 0. The molecule has 0 radical (unpaired) electrons. The summed E-state index contributed by atoms with van der Waals surface area (Å²) in [5.74, 6) is -1.16. The first kappa shape index (κ1) is 27.4. The van der Waals surface area contributed by atoms with E-state index in [0.29, 0.717) is 18.3 Å². The molecule has 23 heavy (non-hydrogen) atoms. The fourth-order valence-corrected chi connectivity index (χ4v) is 3.39. The Hall–Kier alpha value is -0.400. The van der Waals surface area contributed by atoms with Crippen LogP contribution in [0.4, 0.5) is 8.78 Å². The first-order chi connectivity index (χ1) is 10.6. The molecule has 0 saturated heterocycles. The summed E-state index contributed by atoms with van der Waals surface area (Å²) in [4.78, 5) is 0. The fourth-order valence-electron chi connectivity index (χ4n) is 3.39. The lowest BCUT2D eigenvalue weighted by Crippen LogP contribution is -2.34. The highest BCUT2D eigenvalue weighted by Crippen LogP contribution is 2.44. The molecule has 0 aromatic heterocycles. The zero-order chi connectivity index (χ0) is 17.6. The van der Waals surface area contributed by atoms with Crippen molar-refractivity contribution in [3.63, 3.8) is 0 Å². The van der Waals surface area contributed by atoms with Crippen molar-refractivity contribution < 1.29 is 8.78 Å². The van der Waals surface area contributed by atoms with Crippen molar-refractivity contribution >= 4 is 0 Å². The minimum Gasteiger partial charge on any atom is -0.207 e. The highest BCUT2D eigenvalue weighted by atomic mass is 19.3. The van der Waals surface area contributed by atoms with Crippen LogP contribution in [-0.4, -0.2) is 5.92 Å². The summed E-state index contributed by atoms with van der Waals surface area (Å²) >= 11 is 0. The summed E-state index contributed by atoms with van der Waals surface area (Å²) in [6, 6.07) is 0. The number of allylic oxidation sites excluding steroid dienone is 2. The summed E-state index contributed by atoms with van der Waals surface area (Å²) < 4.78 is 26.5. The van der Waals surface area contributed by atoms with Gasteiger partial charge in [0.25, 0.3) is 0 Å². The largest absolute Gasteiger partial charge is 0.248 e. The number of alkyl halides is 2. The molecule has 0 nitrogen and oxygen atoms in total. The summed E-state index contributed by atoms with van der Waals surface area (Å²) in [5.41, 5.74) is 0. The fraction of sp³-hybridized carbons (Fsp3) is 0.905. The minimum atomic E-state index is -2.40. The molecule has 142 valence electrons. The van der Waals surface area contributed by atoms with Gasteiger partial charge in [0.15, 0.2) is 0 Å². The molecule has 0 aromatic carbocycles. The van der Waals surface area contributed by atoms with E-state index < -0.39 is 5.92 Å². The van der Waals surface area contributed by atoms with Crippen LogP contribution in [0.15, 0.2) is 12.2 Å². The lowest BCUT2D eigenvalue weighted by atomic mass is 9.71. The average Bonchev–Trinajstić information content (AvgIpc) is 2.82. The van der Waals surface area contributed by atoms with E-state index >= 15 is 0 Å². The molecule has 2 aliphatic rings. The lowest BCUT2D eigenvalue weighted by Gasteiger charge is -2.37. The van der Waals surface area contributed by atoms with Gasteiger partial charge in [-0.05, 0) is 43.4 Å². The molecule has 0 N–H and O–H groups in total. The van der Waals surface area contributed by atoms with Crippen LogP contribution in [0.1, 0.15) is 101 Å². The van der Waals surface area contributed by atoms with Crippen molar-refractivity contribution in [1.82, 2.24) is 0 Å². The Kier molecular flexibility index (Phi) is 19.6. The van der Waals surface area contributed by atoms with E-state index in [9.17, 15) is 8.78 Å². The summed E-state index contributed by atoms with van der Waals surface area (Å²) in [6.07, 6.45) is 10.4. The van der Waals surface area contributed by atoms with Gasteiger partial charge in [-0.15, -0.1) is 0 Å². The van der Waals surface area contributed by atoms with Crippen LogP contribution < -0.4 is 0 Å². The Balaban J connectivity index is -0.000000514. The maximum atomic E-state index is 13.3. The van der Waals surface area contributed by atoms with E-state index in [1.54, 1.807) is 0 Å². The number of hydrogen-bond acceptors (Lipinski definition) is 0. The van der Waals surface area contributed by atoms with Gasteiger partial charge in [0, 0.05) is 12.8 Å². The van der Waals surface area contributed by atoms with E-state index in [4.69, 9.17) is 0 Å². The Bertz CT molecular complexity index is 259. The minimum absolute atomic E-state index is 0. The molecule has 0 heterocycles. The lowest BCUT2D eigenvalue weighted by molar-refractivity contribution is -0.0718. The Morgan fingerprint density at radius 3 is 2.00 bits per heavy atom. The van der Waals surface area contributed by atoms with Gasteiger partial charge in [-0.2, -0.15) is 0 Å². The first-order valence-corrected chi connectivity index (χ1v) is 9.63. The first-order valence-electron chi connectivity index (χ1n) is 9.63. The SMILES string of the molecule is C.CC.CC.CC.CC1CC(F)(F)CCC1C1C=CCCCC1. The monoisotopic (exact) mass is 334 g/mol. The molecular formula is C21H44F2. The molecule has 3 unspecified atom stereocenters. The quantitative estimate of drug-likeness (QED) is 0.421. The highest BCUT2D eigenvalue weighted by Gasteiger charge is 2.41. The van der Waals surface area contributed by atoms with E-state index in [2.05, 4.69) is 12.2 Å². The van der Waals surface area contributed by atoms with Crippen LogP contribution in [0.25, 0.3) is 0 Å². The second-order valence-electron chi connectivity index (χ2n) is 5.62. The van der Waals surface area contributed by atoms with Crippen molar-refractivity contribution in [2.45, 2.75) is 107 Å². The maximum Gasteiger partial charge on any atom is 0.248 e. The van der Waals surface area contributed by atoms with E-state index in [1.165, 1.54) is 25.7 Å². The molecule has 0 aromatic rings. The summed E-state index contributed by atoms with van der Waals surface area (Å²) in [6.45, 7) is 14.0. The molecule has 3 atom stereocenters. The molecule has 2 heteroatoms. The maximum absolute atomic E-state index is 13.3. The van der Waals surface area contributed by atoms with Gasteiger partial charge in [0.1, 0.15) is 0 Å². The molecule has 0 spiro atoms. The summed E-state index contributed by atoms with van der Waals surface area (Å²) in [5, 5.41) is 0. The topological polar surface area (TPSA) is 0 Å². The van der Waals surface area contributed by atoms with Gasteiger partial charge < -0.3 is 0 Å². The molecule has 0 amide bonds. The zero-order valence-electron chi connectivity index (χ0n) is 16.1. The molecule has 1 saturated carbocycles. The van der Waals surface area contributed by atoms with Crippen LogP contribution in [0.3, 0.4) is 0 Å².